The molecule has 0 aliphatic carbocycles. The molecule has 1 rings (SSSR count). The van der Waals surface area contributed by atoms with Gasteiger partial charge in [0.1, 0.15) is 4.48 Å². The third-order valence-corrected chi connectivity index (χ3v) is 1.80. The number of hydrogen-bond acceptors (Lipinski definition) is 3. The minimum atomic E-state index is -0.500. The van der Waals surface area contributed by atoms with Gasteiger partial charge in [-0.1, -0.05) is 0 Å². The van der Waals surface area contributed by atoms with Gasteiger partial charge < -0.3 is 9.84 Å². The third-order valence-electron chi connectivity index (χ3n) is 1.07. The van der Waals surface area contributed by atoms with Crippen molar-refractivity contribution in [1.29, 1.82) is 0 Å². The lowest BCUT2D eigenvalue weighted by atomic mass is 10.3. The summed E-state index contributed by atoms with van der Waals surface area (Å²) < 4.78 is 4.71. The number of cyclic esters (lactones) is 1. The van der Waals surface area contributed by atoms with Gasteiger partial charge in [-0.15, -0.1) is 0 Å². The van der Waals surface area contributed by atoms with E-state index in [0.29, 0.717) is 0 Å². The van der Waals surface area contributed by atoms with E-state index in [4.69, 9.17) is 5.11 Å². The normalized spacial score (nSPS) is 26.9. The van der Waals surface area contributed by atoms with Gasteiger partial charge in [-0.05, 0) is 22.9 Å². The number of rotatable bonds is 0. The van der Waals surface area contributed by atoms with E-state index in [1.54, 1.807) is 6.92 Å². The van der Waals surface area contributed by atoms with Crippen LogP contribution in [0.1, 0.15) is 6.92 Å². The maximum Gasteiger partial charge on any atom is 0.349 e. The molecule has 0 aromatic carbocycles. The SMILES string of the molecule is C[C@@H]1OC(=O)C(Br)=C1O. The number of carbonyl (C=O) groups is 1. The molecule has 1 heterocycles. The van der Waals surface area contributed by atoms with Gasteiger partial charge in [0.2, 0.25) is 0 Å². The minimum absolute atomic E-state index is 0.0278. The van der Waals surface area contributed by atoms with Gasteiger partial charge in [-0.2, -0.15) is 0 Å². The number of carbonyl (C=O) groups excluding carboxylic acids is 1. The summed E-state index contributed by atoms with van der Waals surface area (Å²) in [6.45, 7) is 1.60. The molecule has 0 amide bonds. The van der Waals surface area contributed by atoms with Crippen LogP contribution in [-0.2, 0) is 9.53 Å². The van der Waals surface area contributed by atoms with E-state index in [1.807, 2.05) is 0 Å². The second-order valence-corrected chi connectivity index (χ2v) is 2.54. The van der Waals surface area contributed by atoms with Crippen molar-refractivity contribution in [3.05, 3.63) is 10.2 Å². The van der Waals surface area contributed by atoms with E-state index in [1.165, 1.54) is 0 Å². The molecule has 50 valence electrons. The monoisotopic (exact) mass is 192 g/mol. The van der Waals surface area contributed by atoms with E-state index >= 15 is 0 Å². The van der Waals surface area contributed by atoms with Gasteiger partial charge in [0.05, 0.1) is 0 Å². The lowest BCUT2D eigenvalue weighted by Crippen LogP contribution is -2.05. The van der Waals surface area contributed by atoms with Crippen LogP contribution in [0.2, 0.25) is 0 Å². The van der Waals surface area contributed by atoms with E-state index < -0.39 is 12.1 Å². The molecule has 0 saturated heterocycles. The highest BCUT2D eigenvalue weighted by Crippen LogP contribution is 2.24. The Morgan fingerprint density at radius 3 is 2.44 bits per heavy atom. The Balaban J connectivity index is 2.92. The molecule has 1 atom stereocenters. The Kier molecular flexibility index (Phi) is 1.48. The standard InChI is InChI=1S/C5H5BrO3/c1-2-4(7)3(6)5(8)9-2/h2,7H,1H3/t2-/m0/s1. The molecule has 4 heteroatoms. The van der Waals surface area contributed by atoms with Crippen molar-refractivity contribution in [3.8, 4) is 0 Å². The summed E-state index contributed by atoms with van der Waals surface area (Å²) in [5.74, 6) is -0.528. The summed E-state index contributed by atoms with van der Waals surface area (Å²) in [5.41, 5.74) is 0. The molecule has 0 spiro atoms. The van der Waals surface area contributed by atoms with Crippen LogP contribution in [0.15, 0.2) is 10.2 Å². The zero-order valence-electron chi connectivity index (χ0n) is 4.72. The number of esters is 1. The van der Waals surface area contributed by atoms with Gasteiger partial charge in [0, 0.05) is 0 Å². The van der Waals surface area contributed by atoms with Crippen molar-refractivity contribution in [1.82, 2.24) is 0 Å². The fourth-order valence-corrected chi connectivity index (χ4v) is 0.967. The second-order valence-electron chi connectivity index (χ2n) is 1.75. The second kappa shape index (κ2) is 2.02. The topological polar surface area (TPSA) is 46.5 Å². The fraction of sp³-hybridized carbons (Fsp3) is 0.400. The van der Waals surface area contributed by atoms with Crippen molar-refractivity contribution in [3.63, 3.8) is 0 Å². The first-order chi connectivity index (χ1) is 4.13. The number of aliphatic hydroxyl groups is 1. The molecule has 1 N–H and O–H groups in total. The van der Waals surface area contributed by atoms with Gasteiger partial charge >= 0.3 is 5.97 Å². The molecule has 0 radical (unpaired) electrons. The van der Waals surface area contributed by atoms with E-state index in [-0.39, 0.29) is 10.2 Å². The molecule has 0 saturated carbocycles. The Morgan fingerprint density at radius 2 is 2.33 bits per heavy atom. The highest BCUT2D eigenvalue weighted by atomic mass is 79.9. The van der Waals surface area contributed by atoms with Crippen LogP contribution < -0.4 is 0 Å². The molecular weight excluding hydrogens is 188 g/mol. The van der Waals surface area contributed by atoms with Gasteiger partial charge in [-0.25, -0.2) is 4.79 Å². The number of halogens is 1. The Hall–Kier alpha value is -0.510. The number of hydrogen-bond donors (Lipinski definition) is 1. The molecule has 0 aromatic heterocycles. The average molecular weight is 193 g/mol. The minimum Gasteiger partial charge on any atom is -0.507 e. The van der Waals surface area contributed by atoms with Gasteiger partial charge in [0.15, 0.2) is 11.9 Å². The van der Waals surface area contributed by atoms with Crippen molar-refractivity contribution in [2.45, 2.75) is 13.0 Å². The largest absolute Gasteiger partial charge is 0.507 e. The zero-order chi connectivity index (χ0) is 7.02. The molecule has 0 unspecified atom stereocenters. The summed E-state index contributed by atoms with van der Waals surface area (Å²) in [4.78, 5) is 10.5. The molecule has 3 nitrogen and oxygen atoms in total. The first kappa shape index (κ1) is 6.61. The van der Waals surface area contributed by atoms with E-state index in [0.717, 1.165) is 0 Å². The van der Waals surface area contributed by atoms with Crippen LogP contribution >= 0.6 is 15.9 Å². The fourth-order valence-electron chi connectivity index (χ4n) is 0.551. The highest BCUT2D eigenvalue weighted by molar-refractivity contribution is 9.12. The van der Waals surface area contributed by atoms with Crippen molar-refractivity contribution in [2.24, 2.45) is 0 Å². The summed E-state index contributed by atoms with van der Waals surface area (Å²) in [5, 5.41) is 8.92. The van der Waals surface area contributed by atoms with Crippen molar-refractivity contribution < 1.29 is 14.6 Å². The third kappa shape index (κ3) is 0.941. The lowest BCUT2D eigenvalue weighted by molar-refractivity contribution is -0.138. The smallest absolute Gasteiger partial charge is 0.349 e. The predicted octanol–water partition coefficient (Wildman–Crippen LogP) is 1.10. The quantitative estimate of drug-likeness (QED) is 0.585. The van der Waals surface area contributed by atoms with Gasteiger partial charge in [0.25, 0.3) is 0 Å². The molecule has 0 aromatic rings. The Morgan fingerprint density at radius 1 is 1.78 bits per heavy atom. The predicted molar refractivity (Wildman–Crippen MR) is 34.1 cm³/mol. The van der Waals surface area contributed by atoms with Gasteiger partial charge in [-0.3, -0.25) is 0 Å². The average Bonchev–Trinajstić information content (AvgIpc) is 1.98. The maximum absolute atomic E-state index is 10.5. The summed E-state index contributed by atoms with van der Waals surface area (Å²) >= 11 is 2.86. The summed E-state index contributed by atoms with van der Waals surface area (Å²) in [6.07, 6.45) is -0.494. The van der Waals surface area contributed by atoms with Crippen LogP contribution in [0.5, 0.6) is 0 Å². The molecule has 1 aliphatic rings. The van der Waals surface area contributed by atoms with Crippen molar-refractivity contribution in [2.75, 3.05) is 0 Å². The molecule has 0 fully saturated rings. The summed E-state index contributed by atoms with van der Waals surface area (Å²) in [6, 6.07) is 0. The Labute approximate surface area is 60.4 Å². The van der Waals surface area contributed by atoms with Crippen molar-refractivity contribution >= 4 is 21.9 Å². The Bertz CT molecular complexity index is 185. The molecular formula is C5H5BrO3. The number of aliphatic hydroxyl groups excluding tert-OH is 1. The van der Waals surface area contributed by atoms with E-state index in [9.17, 15) is 4.79 Å². The summed E-state index contributed by atoms with van der Waals surface area (Å²) in [7, 11) is 0. The highest BCUT2D eigenvalue weighted by Gasteiger charge is 2.28. The van der Waals surface area contributed by atoms with E-state index in [2.05, 4.69) is 20.7 Å². The van der Waals surface area contributed by atoms with Crippen LogP contribution in [0, 0.1) is 0 Å². The lowest BCUT2D eigenvalue weighted by Gasteiger charge is -1.99. The zero-order valence-corrected chi connectivity index (χ0v) is 6.31. The molecule has 1 aliphatic heterocycles. The van der Waals surface area contributed by atoms with Crippen LogP contribution in [0.3, 0.4) is 0 Å². The van der Waals surface area contributed by atoms with Crippen LogP contribution in [-0.4, -0.2) is 17.2 Å². The molecule has 0 bridgehead atoms. The first-order valence-electron chi connectivity index (χ1n) is 2.42. The first-order valence-corrected chi connectivity index (χ1v) is 3.22. The maximum atomic E-state index is 10.5. The van der Waals surface area contributed by atoms with Crippen LogP contribution in [0.25, 0.3) is 0 Å². The number of ether oxygens (including phenoxy) is 1. The van der Waals surface area contributed by atoms with Crippen LogP contribution in [0.4, 0.5) is 0 Å². The molecule has 9 heavy (non-hydrogen) atoms.